The summed E-state index contributed by atoms with van der Waals surface area (Å²) < 4.78 is 8.68. The summed E-state index contributed by atoms with van der Waals surface area (Å²) in [4.78, 5) is 0. The normalized spacial score (nSPS) is 10.0. The van der Waals surface area contributed by atoms with Crippen molar-refractivity contribution in [1.82, 2.24) is 8.75 Å². The minimum Gasteiger partial charge on any atom is -0.396 e. The second kappa shape index (κ2) is 9.97. The Hall–Kier alpha value is -1.92. The van der Waals surface area contributed by atoms with Gasteiger partial charge in [-0.05, 0) is 37.8 Å². The van der Waals surface area contributed by atoms with Crippen LogP contribution in [0.15, 0.2) is 12.1 Å². The zero-order valence-corrected chi connectivity index (χ0v) is 13.8. The summed E-state index contributed by atoms with van der Waals surface area (Å²) in [6.07, 6.45) is 4.91. The largest absolute Gasteiger partial charge is 0.396 e. The van der Waals surface area contributed by atoms with Gasteiger partial charge < -0.3 is 10.2 Å². The van der Waals surface area contributed by atoms with E-state index in [9.17, 15) is 0 Å². The Labute approximate surface area is 140 Å². The average Bonchev–Trinajstić information content (AvgIpc) is 3.06. The standard InChI is InChI=1S/C18H20N2O2S/c21-13-7-3-1-5-9-15-11-12-16(10-6-2-4-8-14-22)18-17(15)19-23-20-18/h11-12,21-22H,1-4,7-8,13-14H2. The smallest absolute Gasteiger partial charge is 0.121 e. The number of unbranched alkanes of at least 4 members (excludes halogenated alkanes) is 4. The number of aliphatic hydroxyl groups is 2. The van der Waals surface area contributed by atoms with Crippen LogP contribution in [0.3, 0.4) is 0 Å². The molecule has 0 aliphatic heterocycles. The van der Waals surface area contributed by atoms with E-state index < -0.39 is 0 Å². The molecule has 0 bridgehead atoms. The maximum absolute atomic E-state index is 8.75. The van der Waals surface area contributed by atoms with E-state index in [2.05, 4.69) is 32.4 Å². The molecule has 1 aromatic carbocycles. The predicted octanol–water partition coefficient (Wildman–Crippen LogP) is 2.72. The van der Waals surface area contributed by atoms with Gasteiger partial charge in [0.1, 0.15) is 11.0 Å². The van der Waals surface area contributed by atoms with Crippen molar-refractivity contribution in [3.05, 3.63) is 23.3 Å². The number of fused-ring (bicyclic) bond motifs is 1. The van der Waals surface area contributed by atoms with Gasteiger partial charge in [-0.1, -0.05) is 23.7 Å². The Bertz CT molecular complexity index is 685. The van der Waals surface area contributed by atoms with Crippen LogP contribution in [0.5, 0.6) is 0 Å². The molecule has 5 heteroatoms. The van der Waals surface area contributed by atoms with Gasteiger partial charge in [-0.3, -0.25) is 0 Å². The van der Waals surface area contributed by atoms with E-state index in [0.29, 0.717) is 0 Å². The Balaban J connectivity index is 2.11. The molecule has 0 radical (unpaired) electrons. The van der Waals surface area contributed by atoms with Crippen LogP contribution in [0.2, 0.25) is 0 Å². The van der Waals surface area contributed by atoms with Crippen molar-refractivity contribution < 1.29 is 10.2 Å². The molecule has 0 aliphatic carbocycles. The molecule has 4 nitrogen and oxygen atoms in total. The molecule has 0 aliphatic rings. The van der Waals surface area contributed by atoms with Crippen molar-refractivity contribution in [2.24, 2.45) is 0 Å². The van der Waals surface area contributed by atoms with E-state index in [4.69, 9.17) is 10.2 Å². The molecular formula is C18H20N2O2S. The molecule has 0 saturated heterocycles. The summed E-state index contributed by atoms with van der Waals surface area (Å²) in [5.41, 5.74) is 3.38. The molecule has 2 N–H and O–H groups in total. The highest BCUT2D eigenvalue weighted by Gasteiger charge is 2.07. The number of nitrogens with zero attached hydrogens (tertiary/aromatic N) is 2. The van der Waals surface area contributed by atoms with Crippen molar-refractivity contribution in [1.29, 1.82) is 0 Å². The van der Waals surface area contributed by atoms with Gasteiger partial charge in [-0.25, -0.2) is 0 Å². The summed E-state index contributed by atoms with van der Waals surface area (Å²) in [5.74, 6) is 12.5. The number of hydrogen-bond acceptors (Lipinski definition) is 5. The predicted molar refractivity (Wildman–Crippen MR) is 93.0 cm³/mol. The fraction of sp³-hybridized carbons (Fsp3) is 0.444. The van der Waals surface area contributed by atoms with Crippen molar-refractivity contribution in [2.45, 2.75) is 38.5 Å². The monoisotopic (exact) mass is 328 g/mol. The third-order valence-electron chi connectivity index (χ3n) is 3.28. The van der Waals surface area contributed by atoms with E-state index in [1.165, 1.54) is 11.7 Å². The first-order valence-corrected chi connectivity index (χ1v) is 8.54. The maximum Gasteiger partial charge on any atom is 0.121 e. The quantitative estimate of drug-likeness (QED) is 0.632. The first kappa shape index (κ1) is 17.4. The third-order valence-corrected chi connectivity index (χ3v) is 3.81. The van der Waals surface area contributed by atoms with E-state index in [0.717, 1.165) is 60.7 Å². The van der Waals surface area contributed by atoms with Crippen LogP contribution in [0.4, 0.5) is 0 Å². The lowest BCUT2D eigenvalue weighted by atomic mass is 10.1. The van der Waals surface area contributed by atoms with Crippen molar-refractivity contribution in [3.8, 4) is 23.7 Å². The second-order valence-corrected chi connectivity index (χ2v) is 5.62. The Kier molecular flexibility index (Phi) is 7.56. The molecular weight excluding hydrogens is 308 g/mol. The van der Waals surface area contributed by atoms with Gasteiger partial charge in [-0.2, -0.15) is 8.75 Å². The first-order chi connectivity index (χ1) is 11.4. The van der Waals surface area contributed by atoms with Gasteiger partial charge in [0, 0.05) is 26.1 Å². The average molecular weight is 328 g/mol. The van der Waals surface area contributed by atoms with Crippen LogP contribution in [0.1, 0.15) is 49.7 Å². The molecule has 0 fully saturated rings. The zero-order chi connectivity index (χ0) is 16.3. The van der Waals surface area contributed by atoms with Crippen molar-refractivity contribution in [3.63, 3.8) is 0 Å². The minimum atomic E-state index is 0.216. The van der Waals surface area contributed by atoms with Gasteiger partial charge in [0.2, 0.25) is 0 Å². The summed E-state index contributed by atoms with van der Waals surface area (Å²) in [7, 11) is 0. The van der Waals surface area contributed by atoms with Crippen molar-refractivity contribution in [2.75, 3.05) is 13.2 Å². The lowest BCUT2D eigenvalue weighted by Gasteiger charge is -1.96. The van der Waals surface area contributed by atoms with Crippen LogP contribution < -0.4 is 0 Å². The summed E-state index contributed by atoms with van der Waals surface area (Å²) in [6.45, 7) is 0.432. The van der Waals surface area contributed by atoms with Crippen LogP contribution >= 0.6 is 11.7 Å². The molecule has 1 heterocycles. The fourth-order valence-electron chi connectivity index (χ4n) is 2.03. The lowest BCUT2D eigenvalue weighted by Crippen LogP contribution is -1.85. The fourth-order valence-corrected chi connectivity index (χ4v) is 2.61. The van der Waals surface area contributed by atoms with Gasteiger partial charge in [0.05, 0.1) is 22.9 Å². The summed E-state index contributed by atoms with van der Waals surface area (Å²) in [5, 5.41) is 17.5. The molecule has 1 aromatic heterocycles. The highest BCUT2D eigenvalue weighted by molar-refractivity contribution is 7.00. The van der Waals surface area contributed by atoms with Gasteiger partial charge in [0.25, 0.3) is 0 Å². The maximum atomic E-state index is 8.75. The van der Waals surface area contributed by atoms with E-state index >= 15 is 0 Å². The second-order valence-electron chi connectivity index (χ2n) is 5.09. The molecule has 0 unspecified atom stereocenters. The Morgan fingerprint density at radius 3 is 1.70 bits per heavy atom. The van der Waals surface area contributed by atoms with Crippen LogP contribution in [-0.2, 0) is 0 Å². The van der Waals surface area contributed by atoms with Gasteiger partial charge >= 0.3 is 0 Å². The van der Waals surface area contributed by atoms with Crippen LogP contribution in [0, 0.1) is 23.7 Å². The molecule has 120 valence electrons. The molecule has 2 rings (SSSR count). The lowest BCUT2D eigenvalue weighted by molar-refractivity contribution is 0.285. The topological polar surface area (TPSA) is 66.2 Å². The van der Waals surface area contributed by atoms with E-state index in [1.54, 1.807) is 0 Å². The van der Waals surface area contributed by atoms with Crippen LogP contribution in [-0.4, -0.2) is 32.2 Å². The van der Waals surface area contributed by atoms with E-state index in [-0.39, 0.29) is 13.2 Å². The highest BCUT2D eigenvalue weighted by Crippen LogP contribution is 2.20. The molecule has 2 aromatic rings. The van der Waals surface area contributed by atoms with Gasteiger partial charge in [0.15, 0.2) is 0 Å². The summed E-state index contributed by atoms with van der Waals surface area (Å²) >= 11 is 1.17. The molecule has 0 spiro atoms. The minimum absolute atomic E-state index is 0.216. The van der Waals surface area contributed by atoms with E-state index in [1.807, 2.05) is 12.1 Å². The molecule has 0 saturated carbocycles. The Morgan fingerprint density at radius 2 is 1.26 bits per heavy atom. The number of rotatable bonds is 6. The number of hydrogen-bond donors (Lipinski definition) is 2. The first-order valence-electron chi connectivity index (χ1n) is 7.81. The number of benzene rings is 1. The Morgan fingerprint density at radius 1 is 0.783 bits per heavy atom. The molecule has 0 atom stereocenters. The van der Waals surface area contributed by atoms with Crippen molar-refractivity contribution >= 4 is 22.8 Å². The third kappa shape index (κ3) is 5.33. The molecule has 23 heavy (non-hydrogen) atoms. The number of aliphatic hydroxyl groups excluding tert-OH is 2. The number of aromatic nitrogens is 2. The van der Waals surface area contributed by atoms with Crippen LogP contribution in [0.25, 0.3) is 11.0 Å². The SMILES string of the molecule is OCCCCC#Cc1ccc(C#CCCCCO)c2nsnc12. The van der Waals surface area contributed by atoms with Gasteiger partial charge in [-0.15, -0.1) is 0 Å². The molecule has 0 amide bonds. The highest BCUT2D eigenvalue weighted by atomic mass is 32.1. The summed E-state index contributed by atoms with van der Waals surface area (Å²) in [6, 6.07) is 3.89. The zero-order valence-electron chi connectivity index (χ0n) is 13.0.